The van der Waals surface area contributed by atoms with Gasteiger partial charge in [-0.05, 0) is 73.4 Å². The van der Waals surface area contributed by atoms with Crippen molar-refractivity contribution >= 4 is 33.7 Å². The summed E-state index contributed by atoms with van der Waals surface area (Å²) < 4.78 is 42.3. The minimum absolute atomic E-state index is 0.0217. The standard InChI is InChI=1S/C27H27N3O7S/c1-29(2)38(33,34)21-10-3-8-19(16-21)27(32)37-17-24(31)30-26(23-12-6-14-36-23)22-11-4-7-18(25(22)28-30)15-20-9-5-13-35-20/h3,5-6,8-10,12-16,22,26H,4,7,11,17H2,1-2H3/b18-15-/t22-,26-/m1/s1. The van der Waals surface area contributed by atoms with Crippen LogP contribution in [0.2, 0.25) is 0 Å². The molecule has 1 aromatic carbocycles. The van der Waals surface area contributed by atoms with Gasteiger partial charge in [-0.2, -0.15) is 5.10 Å². The number of allylic oxidation sites excluding steroid dienone is 1. The van der Waals surface area contributed by atoms with Gasteiger partial charge in [-0.15, -0.1) is 0 Å². The summed E-state index contributed by atoms with van der Waals surface area (Å²) in [6, 6.07) is 12.3. The van der Waals surface area contributed by atoms with E-state index in [-0.39, 0.29) is 16.4 Å². The topological polar surface area (TPSA) is 123 Å². The highest BCUT2D eigenvalue weighted by atomic mass is 32.2. The smallest absolute Gasteiger partial charge is 0.338 e. The van der Waals surface area contributed by atoms with Crippen LogP contribution in [0.3, 0.4) is 0 Å². The molecule has 10 nitrogen and oxygen atoms in total. The van der Waals surface area contributed by atoms with Gasteiger partial charge in [0.05, 0.1) is 28.7 Å². The number of ether oxygens (including phenoxy) is 1. The molecule has 11 heteroatoms. The first-order valence-electron chi connectivity index (χ1n) is 12.1. The molecule has 5 rings (SSSR count). The third-order valence-corrected chi connectivity index (χ3v) is 8.44. The van der Waals surface area contributed by atoms with Gasteiger partial charge >= 0.3 is 5.97 Å². The zero-order valence-electron chi connectivity index (χ0n) is 20.9. The Balaban J connectivity index is 1.37. The van der Waals surface area contributed by atoms with E-state index in [4.69, 9.17) is 13.6 Å². The summed E-state index contributed by atoms with van der Waals surface area (Å²) in [5.74, 6) is -0.115. The van der Waals surface area contributed by atoms with Crippen molar-refractivity contribution in [2.24, 2.45) is 11.0 Å². The number of hydrogen-bond donors (Lipinski definition) is 0. The van der Waals surface area contributed by atoms with Crippen molar-refractivity contribution < 1.29 is 31.6 Å². The maximum absolute atomic E-state index is 13.3. The molecule has 0 saturated heterocycles. The Morgan fingerprint density at radius 3 is 2.63 bits per heavy atom. The van der Waals surface area contributed by atoms with Gasteiger partial charge in [0.2, 0.25) is 10.0 Å². The Hall–Kier alpha value is -3.96. The summed E-state index contributed by atoms with van der Waals surface area (Å²) >= 11 is 0. The van der Waals surface area contributed by atoms with Crippen molar-refractivity contribution in [1.29, 1.82) is 0 Å². The highest BCUT2D eigenvalue weighted by Gasteiger charge is 2.45. The largest absolute Gasteiger partial charge is 0.467 e. The number of carbonyl (C=O) groups is 2. The van der Waals surface area contributed by atoms with Gasteiger partial charge in [-0.25, -0.2) is 22.5 Å². The number of hydrogen-bond acceptors (Lipinski definition) is 8. The molecule has 0 unspecified atom stereocenters. The van der Waals surface area contributed by atoms with Crippen molar-refractivity contribution in [3.8, 4) is 0 Å². The van der Waals surface area contributed by atoms with Crippen LogP contribution >= 0.6 is 0 Å². The van der Waals surface area contributed by atoms with Crippen molar-refractivity contribution in [2.75, 3.05) is 20.7 Å². The SMILES string of the molecule is CN(C)S(=O)(=O)c1cccc(C(=O)OCC(=O)N2N=C3/C(=C\c4ccco4)CCC[C@H]3[C@@H]2c2ccco2)c1. The van der Waals surface area contributed by atoms with Crippen molar-refractivity contribution in [3.63, 3.8) is 0 Å². The molecule has 0 N–H and O–H groups in total. The van der Waals surface area contributed by atoms with E-state index in [0.29, 0.717) is 11.5 Å². The van der Waals surface area contributed by atoms with Crippen LogP contribution in [0.5, 0.6) is 0 Å². The first kappa shape index (κ1) is 25.7. The Morgan fingerprint density at radius 2 is 1.92 bits per heavy atom. The summed E-state index contributed by atoms with van der Waals surface area (Å²) in [6.45, 7) is -0.568. The molecule has 0 bridgehead atoms. The first-order valence-corrected chi connectivity index (χ1v) is 13.6. The molecule has 1 aliphatic heterocycles. The molecule has 38 heavy (non-hydrogen) atoms. The fourth-order valence-corrected chi connectivity index (χ4v) is 5.71. The quantitative estimate of drug-likeness (QED) is 0.416. The van der Waals surface area contributed by atoms with Crippen LogP contribution in [0.4, 0.5) is 0 Å². The number of sulfonamides is 1. The third-order valence-electron chi connectivity index (χ3n) is 6.63. The van der Waals surface area contributed by atoms with Gasteiger partial charge in [0.25, 0.3) is 5.91 Å². The van der Waals surface area contributed by atoms with E-state index in [0.717, 1.165) is 34.9 Å². The number of rotatable bonds is 7. The highest BCUT2D eigenvalue weighted by Crippen LogP contribution is 2.44. The fourth-order valence-electron chi connectivity index (χ4n) is 4.76. The van der Waals surface area contributed by atoms with Crippen LogP contribution < -0.4 is 0 Å². The van der Waals surface area contributed by atoms with Gasteiger partial charge in [0, 0.05) is 20.0 Å². The second kappa shape index (κ2) is 10.4. The molecule has 198 valence electrons. The van der Waals surface area contributed by atoms with E-state index in [1.165, 1.54) is 43.4 Å². The third kappa shape index (κ3) is 4.94. The van der Waals surface area contributed by atoms with Crippen LogP contribution in [0, 0.1) is 5.92 Å². The number of nitrogens with zero attached hydrogens (tertiary/aromatic N) is 3. The van der Waals surface area contributed by atoms with E-state index in [1.54, 1.807) is 24.7 Å². The molecule has 0 spiro atoms. The van der Waals surface area contributed by atoms with Crippen molar-refractivity contribution in [2.45, 2.75) is 30.2 Å². The number of amides is 1. The monoisotopic (exact) mass is 537 g/mol. The summed E-state index contributed by atoms with van der Waals surface area (Å²) in [5, 5.41) is 6.01. The minimum Gasteiger partial charge on any atom is -0.467 e. The van der Waals surface area contributed by atoms with Crippen LogP contribution in [-0.2, 0) is 19.6 Å². The summed E-state index contributed by atoms with van der Waals surface area (Å²) in [6.07, 6.45) is 7.61. The molecule has 1 aliphatic carbocycles. The highest BCUT2D eigenvalue weighted by molar-refractivity contribution is 7.89. The zero-order chi connectivity index (χ0) is 26.9. The molecule has 3 heterocycles. The summed E-state index contributed by atoms with van der Waals surface area (Å²) in [4.78, 5) is 26.0. The molecule has 2 aliphatic rings. The van der Waals surface area contributed by atoms with Crippen LogP contribution in [0.1, 0.15) is 47.2 Å². The maximum atomic E-state index is 13.3. The molecular weight excluding hydrogens is 510 g/mol. The van der Waals surface area contributed by atoms with Crippen molar-refractivity contribution in [3.05, 3.63) is 83.7 Å². The molecular formula is C27H27N3O7S. The molecule has 0 radical (unpaired) electrons. The lowest BCUT2D eigenvalue weighted by molar-refractivity contribution is -0.137. The second-order valence-electron chi connectivity index (χ2n) is 9.26. The normalized spacial score (nSPS) is 20.4. The number of benzene rings is 1. The lowest BCUT2D eigenvalue weighted by Crippen LogP contribution is -2.34. The van der Waals surface area contributed by atoms with Gasteiger partial charge in [-0.1, -0.05) is 6.07 Å². The Kier molecular flexibility index (Phi) is 7.04. The number of esters is 1. The number of furan rings is 2. The molecule has 2 atom stereocenters. The van der Waals surface area contributed by atoms with Crippen LogP contribution in [-0.4, -0.2) is 56.0 Å². The van der Waals surface area contributed by atoms with E-state index in [1.807, 2.05) is 18.2 Å². The van der Waals surface area contributed by atoms with Crippen LogP contribution in [0.25, 0.3) is 6.08 Å². The predicted octanol–water partition coefficient (Wildman–Crippen LogP) is 4.10. The van der Waals surface area contributed by atoms with E-state index in [9.17, 15) is 18.0 Å². The minimum atomic E-state index is -3.74. The van der Waals surface area contributed by atoms with Gasteiger partial charge in [0.15, 0.2) is 6.61 Å². The predicted molar refractivity (Wildman–Crippen MR) is 137 cm³/mol. The second-order valence-corrected chi connectivity index (χ2v) is 11.4. The molecule has 1 amide bonds. The lowest BCUT2D eigenvalue weighted by Gasteiger charge is -2.27. The Bertz CT molecular complexity index is 1490. The van der Waals surface area contributed by atoms with Gasteiger partial charge in [-0.3, -0.25) is 4.79 Å². The lowest BCUT2D eigenvalue weighted by atomic mass is 9.79. The summed E-state index contributed by atoms with van der Waals surface area (Å²) in [7, 11) is -0.933. The zero-order valence-corrected chi connectivity index (χ0v) is 21.8. The Labute approximate surface area is 220 Å². The van der Waals surface area contributed by atoms with E-state index < -0.39 is 34.5 Å². The van der Waals surface area contributed by atoms with Gasteiger partial charge < -0.3 is 13.6 Å². The molecule has 1 fully saturated rings. The average molecular weight is 538 g/mol. The number of fused-ring (bicyclic) bond motifs is 1. The van der Waals surface area contributed by atoms with E-state index >= 15 is 0 Å². The molecule has 2 aromatic heterocycles. The Morgan fingerprint density at radius 1 is 1.13 bits per heavy atom. The average Bonchev–Trinajstić information content (AvgIpc) is 3.68. The molecule has 3 aromatic rings. The maximum Gasteiger partial charge on any atom is 0.338 e. The van der Waals surface area contributed by atoms with Crippen molar-refractivity contribution in [1.82, 2.24) is 9.31 Å². The summed E-state index contributed by atoms with van der Waals surface area (Å²) in [5.41, 5.74) is 1.79. The van der Waals surface area contributed by atoms with E-state index in [2.05, 4.69) is 5.10 Å². The number of carbonyl (C=O) groups excluding carboxylic acids is 2. The molecule has 1 saturated carbocycles. The first-order chi connectivity index (χ1) is 18.3. The van der Waals surface area contributed by atoms with Gasteiger partial charge in [0.1, 0.15) is 17.6 Å². The van der Waals surface area contributed by atoms with Crippen LogP contribution in [0.15, 0.2) is 85.5 Å². The fraction of sp³-hybridized carbons (Fsp3) is 0.296. The number of hydrazone groups is 1.